The first-order valence-electron chi connectivity index (χ1n) is 13.0. The van der Waals surface area contributed by atoms with Crippen LogP contribution in [0.25, 0.3) is 43.9 Å². The molecule has 0 radical (unpaired) electrons. The van der Waals surface area contributed by atoms with Gasteiger partial charge in [0.25, 0.3) is 0 Å². The Bertz CT molecular complexity index is 2360. The van der Waals surface area contributed by atoms with Crippen LogP contribution in [0.1, 0.15) is 0 Å². The average molecular weight is 816 g/mol. The predicted molar refractivity (Wildman–Crippen MR) is 162 cm³/mol. The second-order valence-electron chi connectivity index (χ2n) is 10.1. The van der Waals surface area contributed by atoms with Crippen molar-refractivity contribution in [3.63, 3.8) is 0 Å². The number of alkyl halides is 9. The van der Waals surface area contributed by atoms with Crippen molar-refractivity contribution >= 4 is 74.2 Å². The Morgan fingerprint density at radius 2 is 0.938 bits per heavy atom. The van der Waals surface area contributed by atoms with Crippen molar-refractivity contribution in [2.45, 2.75) is 23.3 Å². The molecule has 0 unspecified atom stereocenters. The summed E-state index contributed by atoms with van der Waals surface area (Å²) in [7, 11) is -7.35. The fourth-order valence-corrected chi connectivity index (χ4v) is 11.7. The SMILES string of the molecule is O=c1c2ccccc2oc2ccc(I(OS(=O)(=O)C(F)(F)C(F)(F)C(F)(F)C(F)(F)F)c3ccc4oc5ccccc5c(=O)c4c3)cc12. The third kappa shape index (κ3) is 5.11. The van der Waals surface area contributed by atoms with Crippen LogP contribution in [-0.4, -0.2) is 31.7 Å². The summed E-state index contributed by atoms with van der Waals surface area (Å²) in [5.74, 6) is -15.1. The molecule has 6 aromatic rings. The van der Waals surface area contributed by atoms with E-state index in [1.807, 2.05) is 0 Å². The molecule has 18 heteroatoms. The van der Waals surface area contributed by atoms with Crippen molar-refractivity contribution in [3.8, 4) is 0 Å². The standard InChI is InChI=1S/C30H14F9IO7S/c31-27(32,29(35,36)37)28(33,34)30(38,39)48(43,44)47-40(15-9-11-23-19(13-15)25(41)17-5-1-3-7-21(17)45-23)16-10-12-24-20(14-16)26(42)18-6-2-4-8-22(18)46-24/h1-14H. The van der Waals surface area contributed by atoms with Gasteiger partial charge in [-0.15, -0.1) is 0 Å². The molecule has 0 spiro atoms. The summed E-state index contributed by atoms with van der Waals surface area (Å²) in [6.45, 7) is 0. The van der Waals surface area contributed by atoms with Gasteiger partial charge in [0.05, 0.1) is 0 Å². The monoisotopic (exact) mass is 816 g/mol. The van der Waals surface area contributed by atoms with Gasteiger partial charge in [-0.3, -0.25) is 0 Å². The Kier molecular flexibility index (Phi) is 7.86. The van der Waals surface area contributed by atoms with Crippen molar-refractivity contribution in [3.05, 3.63) is 113 Å². The van der Waals surface area contributed by atoms with Crippen LogP contribution in [0.3, 0.4) is 0 Å². The maximum absolute atomic E-state index is 14.8. The van der Waals surface area contributed by atoms with Crippen molar-refractivity contribution in [1.29, 1.82) is 0 Å². The van der Waals surface area contributed by atoms with Crippen LogP contribution in [0.5, 0.6) is 0 Å². The molecule has 0 aliphatic carbocycles. The Labute approximate surface area is 268 Å². The Hall–Kier alpha value is -4.17. The summed E-state index contributed by atoms with van der Waals surface area (Å²) < 4.78 is 164. The number of benzene rings is 4. The normalized spacial score (nSPS) is 13.9. The van der Waals surface area contributed by atoms with Gasteiger partial charge in [-0.25, -0.2) is 0 Å². The fraction of sp³-hybridized carbons (Fsp3) is 0.133. The third-order valence-electron chi connectivity index (χ3n) is 7.05. The van der Waals surface area contributed by atoms with E-state index in [0.29, 0.717) is 0 Å². The molecule has 4 aromatic carbocycles. The first-order valence-corrected chi connectivity index (χ1v) is 17.5. The van der Waals surface area contributed by atoms with Gasteiger partial charge in [0.2, 0.25) is 0 Å². The van der Waals surface area contributed by atoms with Gasteiger partial charge in [0.15, 0.2) is 0 Å². The molecule has 252 valence electrons. The Balaban J connectivity index is 1.57. The van der Waals surface area contributed by atoms with Crippen LogP contribution in [0.4, 0.5) is 39.5 Å². The predicted octanol–water partition coefficient (Wildman–Crippen LogP) is 8.44. The van der Waals surface area contributed by atoms with E-state index < -0.39 is 71.6 Å². The molecule has 0 fully saturated rings. The maximum atomic E-state index is 14.8. The first kappa shape index (κ1) is 33.7. The van der Waals surface area contributed by atoms with E-state index in [0.717, 1.165) is 36.4 Å². The number of para-hydroxylation sites is 2. The number of rotatable bonds is 7. The second kappa shape index (κ2) is 11.2. The molecule has 0 N–H and O–H groups in total. The van der Waals surface area contributed by atoms with E-state index in [9.17, 15) is 57.5 Å². The molecule has 0 saturated carbocycles. The van der Waals surface area contributed by atoms with E-state index in [1.54, 1.807) is 12.1 Å². The van der Waals surface area contributed by atoms with Crippen LogP contribution < -0.4 is 10.9 Å². The van der Waals surface area contributed by atoms with Gasteiger partial charge >= 0.3 is 269 Å². The molecule has 7 nitrogen and oxygen atoms in total. The van der Waals surface area contributed by atoms with Crippen LogP contribution in [0.15, 0.2) is 103 Å². The van der Waals surface area contributed by atoms with Gasteiger partial charge in [0, 0.05) is 0 Å². The van der Waals surface area contributed by atoms with E-state index in [4.69, 9.17) is 8.83 Å². The molecule has 48 heavy (non-hydrogen) atoms. The van der Waals surface area contributed by atoms with Crippen molar-refractivity contribution in [2.24, 2.45) is 0 Å². The van der Waals surface area contributed by atoms with Crippen LogP contribution in [-0.2, 0) is 12.6 Å². The molecule has 0 aliphatic heterocycles. The molecule has 0 saturated heterocycles. The summed E-state index contributed by atoms with van der Waals surface area (Å²) >= 11 is -4.76. The Morgan fingerprint density at radius 1 is 0.542 bits per heavy atom. The second-order valence-corrected chi connectivity index (χ2v) is 16.6. The van der Waals surface area contributed by atoms with Gasteiger partial charge < -0.3 is 0 Å². The molecule has 0 amide bonds. The zero-order valence-electron chi connectivity index (χ0n) is 23.1. The summed E-state index contributed by atoms with van der Waals surface area (Å²) in [5, 5.41) is -7.66. The van der Waals surface area contributed by atoms with E-state index in [2.05, 4.69) is 2.51 Å². The van der Waals surface area contributed by atoms with E-state index in [1.165, 1.54) is 36.4 Å². The molecule has 0 atom stereocenters. The summed E-state index contributed by atoms with van der Waals surface area (Å²) in [5.41, 5.74) is -1.38. The topological polar surface area (TPSA) is 104 Å². The number of hydrogen-bond acceptors (Lipinski definition) is 7. The third-order valence-corrected chi connectivity index (χ3v) is 14.3. The zero-order valence-corrected chi connectivity index (χ0v) is 26.1. The van der Waals surface area contributed by atoms with Crippen molar-refractivity contribution in [2.75, 3.05) is 0 Å². The minimum atomic E-state index is -7.55. The summed E-state index contributed by atoms with van der Waals surface area (Å²) in [6.07, 6.45) is -7.29. The molecular formula is C30H14F9IO7S. The van der Waals surface area contributed by atoms with Crippen LogP contribution in [0, 0.1) is 7.14 Å². The van der Waals surface area contributed by atoms with Crippen LogP contribution in [0.2, 0.25) is 0 Å². The summed E-state index contributed by atoms with van der Waals surface area (Å²) in [4.78, 5) is 26.5. The molecule has 0 bridgehead atoms. The van der Waals surface area contributed by atoms with Gasteiger partial charge in [0.1, 0.15) is 0 Å². The average Bonchev–Trinajstić information content (AvgIpc) is 3.03. The molecule has 2 aromatic heterocycles. The minimum absolute atomic E-state index is 0.0202. The first-order chi connectivity index (χ1) is 22.3. The quantitative estimate of drug-likeness (QED) is 0.0906. The van der Waals surface area contributed by atoms with E-state index in [-0.39, 0.29) is 43.9 Å². The van der Waals surface area contributed by atoms with E-state index >= 15 is 0 Å². The van der Waals surface area contributed by atoms with Crippen molar-refractivity contribution in [1.82, 2.24) is 0 Å². The number of halogens is 10. The van der Waals surface area contributed by atoms with Crippen molar-refractivity contribution < 1.29 is 59.3 Å². The number of hydrogen-bond donors (Lipinski definition) is 0. The fourth-order valence-electron chi connectivity index (χ4n) is 4.60. The molecule has 0 aliphatic rings. The van der Waals surface area contributed by atoms with Gasteiger partial charge in [-0.05, 0) is 0 Å². The molecule has 6 rings (SSSR count). The van der Waals surface area contributed by atoms with Gasteiger partial charge in [-0.1, -0.05) is 0 Å². The molecule has 2 heterocycles. The molecular weight excluding hydrogens is 802 g/mol. The number of fused-ring (bicyclic) bond motifs is 4. The zero-order chi connectivity index (χ0) is 35.0. The van der Waals surface area contributed by atoms with Crippen LogP contribution >= 0.6 is 20.2 Å². The van der Waals surface area contributed by atoms with Gasteiger partial charge in [-0.2, -0.15) is 0 Å². The summed E-state index contributed by atoms with van der Waals surface area (Å²) in [6, 6.07) is 17.7. The Morgan fingerprint density at radius 3 is 1.35 bits per heavy atom.